The van der Waals surface area contributed by atoms with Gasteiger partial charge in [-0.2, -0.15) is 0 Å². The molecule has 0 spiro atoms. The summed E-state index contributed by atoms with van der Waals surface area (Å²) >= 11 is 6.00. The largest absolute Gasteiger partial charge is 0.478 e. The summed E-state index contributed by atoms with van der Waals surface area (Å²) in [7, 11) is 0. The highest BCUT2D eigenvalue weighted by atomic mass is 35.5. The van der Waals surface area contributed by atoms with Gasteiger partial charge in [0.2, 0.25) is 0 Å². The Bertz CT molecular complexity index is 936. The monoisotopic (exact) mass is 337 g/mol. The van der Waals surface area contributed by atoms with E-state index in [0.29, 0.717) is 17.5 Å². The number of pyridine rings is 1. The third kappa shape index (κ3) is 2.61. The fraction of sp³-hybridized carbons (Fsp3) is 0. The van der Waals surface area contributed by atoms with Crippen LogP contribution in [-0.4, -0.2) is 16.1 Å². The van der Waals surface area contributed by atoms with Crippen LogP contribution in [0, 0.1) is 17.5 Å². The summed E-state index contributed by atoms with van der Waals surface area (Å²) in [5, 5.41) is 9.80. The lowest BCUT2D eigenvalue weighted by molar-refractivity contribution is 0.0697. The number of halogens is 4. The molecule has 0 aliphatic carbocycles. The number of carboxylic acids is 1. The first kappa shape index (κ1) is 15.3. The van der Waals surface area contributed by atoms with E-state index in [0.717, 1.165) is 0 Å². The fourth-order valence-corrected chi connectivity index (χ4v) is 2.52. The highest BCUT2D eigenvalue weighted by molar-refractivity contribution is 6.35. The van der Waals surface area contributed by atoms with Gasteiger partial charge in [-0.05, 0) is 12.1 Å². The summed E-state index contributed by atoms with van der Waals surface area (Å²) in [4.78, 5) is 15.0. The van der Waals surface area contributed by atoms with Crippen LogP contribution in [0.5, 0.6) is 0 Å². The minimum absolute atomic E-state index is 0.0919. The van der Waals surface area contributed by atoms with E-state index in [1.165, 1.54) is 24.4 Å². The minimum Gasteiger partial charge on any atom is -0.478 e. The predicted molar refractivity (Wildman–Crippen MR) is 79.0 cm³/mol. The van der Waals surface area contributed by atoms with Gasteiger partial charge in [0.15, 0.2) is 0 Å². The first-order valence-corrected chi connectivity index (χ1v) is 6.72. The summed E-state index contributed by atoms with van der Waals surface area (Å²) in [5.74, 6) is -4.55. The molecular weight excluding hydrogens is 331 g/mol. The molecule has 0 saturated heterocycles. The maximum atomic E-state index is 14.0. The van der Waals surface area contributed by atoms with Gasteiger partial charge < -0.3 is 5.11 Å². The van der Waals surface area contributed by atoms with Gasteiger partial charge in [-0.15, -0.1) is 0 Å². The van der Waals surface area contributed by atoms with Gasteiger partial charge in [0.25, 0.3) is 0 Å². The lowest BCUT2D eigenvalue weighted by Gasteiger charge is -2.10. The van der Waals surface area contributed by atoms with Crippen molar-refractivity contribution in [1.82, 2.24) is 4.98 Å². The zero-order chi connectivity index (χ0) is 16.7. The van der Waals surface area contributed by atoms with E-state index in [2.05, 4.69) is 4.98 Å². The summed E-state index contributed by atoms with van der Waals surface area (Å²) in [6.07, 6.45) is 1.20. The second kappa shape index (κ2) is 5.55. The number of fused-ring (bicyclic) bond motifs is 1. The molecular formula is C16H7ClF3NO2. The molecule has 1 heterocycles. The fourth-order valence-electron chi connectivity index (χ4n) is 2.31. The smallest absolute Gasteiger partial charge is 0.335 e. The molecule has 23 heavy (non-hydrogen) atoms. The topological polar surface area (TPSA) is 50.2 Å². The van der Waals surface area contributed by atoms with Crippen molar-refractivity contribution in [3.05, 3.63) is 64.6 Å². The van der Waals surface area contributed by atoms with Crippen LogP contribution in [0.4, 0.5) is 13.2 Å². The highest BCUT2D eigenvalue weighted by Gasteiger charge is 2.19. The van der Waals surface area contributed by atoms with Gasteiger partial charge in [-0.3, -0.25) is 4.98 Å². The van der Waals surface area contributed by atoms with E-state index < -0.39 is 29.0 Å². The summed E-state index contributed by atoms with van der Waals surface area (Å²) in [6.45, 7) is 0. The van der Waals surface area contributed by atoms with Gasteiger partial charge in [-0.1, -0.05) is 17.7 Å². The Labute approximate surface area is 133 Å². The molecule has 0 amide bonds. The van der Waals surface area contributed by atoms with E-state index in [1.807, 2.05) is 0 Å². The molecule has 0 bridgehead atoms. The number of carbonyl (C=O) groups is 1. The first-order valence-electron chi connectivity index (χ1n) is 6.35. The number of benzene rings is 2. The number of hydrogen-bond acceptors (Lipinski definition) is 2. The third-order valence-electron chi connectivity index (χ3n) is 3.33. The van der Waals surface area contributed by atoms with Crippen molar-refractivity contribution >= 4 is 28.3 Å². The Kier molecular flexibility index (Phi) is 3.69. The second-order valence-corrected chi connectivity index (χ2v) is 5.17. The van der Waals surface area contributed by atoms with Crippen LogP contribution < -0.4 is 0 Å². The molecule has 7 heteroatoms. The van der Waals surface area contributed by atoms with Crippen molar-refractivity contribution in [3.63, 3.8) is 0 Å². The molecule has 0 aliphatic heterocycles. The average molecular weight is 338 g/mol. The van der Waals surface area contributed by atoms with Crippen molar-refractivity contribution in [2.24, 2.45) is 0 Å². The number of carboxylic acid groups (broad SMARTS) is 1. The van der Waals surface area contributed by atoms with E-state index in [4.69, 9.17) is 16.7 Å². The minimum atomic E-state index is -1.21. The Morgan fingerprint density at radius 2 is 1.70 bits per heavy atom. The summed E-state index contributed by atoms with van der Waals surface area (Å²) in [5.41, 5.74) is -0.788. The Balaban J connectivity index is 2.40. The van der Waals surface area contributed by atoms with E-state index in [9.17, 15) is 18.0 Å². The SMILES string of the molecule is O=C(O)c1ccc2c(Cl)cnc(-c3c(F)cc(F)cc3F)c2c1. The molecule has 3 nitrogen and oxygen atoms in total. The van der Waals surface area contributed by atoms with Crippen molar-refractivity contribution in [2.75, 3.05) is 0 Å². The van der Waals surface area contributed by atoms with Gasteiger partial charge >= 0.3 is 5.97 Å². The van der Waals surface area contributed by atoms with Gasteiger partial charge in [-0.25, -0.2) is 18.0 Å². The molecule has 0 unspecified atom stereocenters. The Morgan fingerprint density at radius 1 is 1.04 bits per heavy atom. The van der Waals surface area contributed by atoms with Gasteiger partial charge in [0.05, 0.1) is 21.8 Å². The molecule has 0 saturated carbocycles. The second-order valence-electron chi connectivity index (χ2n) is 4.76. The molecule has 3 rings (SSSR count). The first-order chi connectivity index (χ1) is 10.9. The zero-order valence-corrected chi connectivity index (χ0v) is 12.0. The molecule has 1 N–H and O–H groups in total. The molecule has 2 aromatic carbocycles. The van der Waals surface area contributed by atoms with Gasteiger partial charge in [0.1, 0.15) is 17.5 Å². The third-order valence-corrected chi connectivity index (χ3v) is 3.63. The van der Waals surface area contributed by atoms with Crippen molar-refractivity contribution in [2.45, 2.75) is 0 Å². The average Bonchev–Trinajstić information content (AvgIpc) is 2.48. The Hall–Kier alpha value is -2.60. The lowest BCUT2D eigenvalue weighted by atomic mass is 10.0. The van der Waals surface area contributed by atoms with E-state index in [-0.39, 0.29) is 21.7 Å². The predicted octanol–water partition coefficient (Wildman–Crippen LogP) is 4.67. The quantitative estimate of drug-likeness (QED) is 0.739. The van der Waals surface area contributed by atoms with Crippen molar-refractivity contribution in [3.8, 4) is 11.3 Å². The van der Waals surface area contributed by atoms with Crippen LogP contribution >= 0.6 is 11.6 Å². The molecule has 0 radical (unpaired) electrons. The van der Waals surface area contributed by atoms with Crippen LogP contribution in [0.3, 0.4) is 0 Å². The summed E-state index contributed by atoms with van der Waals surface area (Å²) < 4.78 is 41.1. The van der Waals surface area contributed by atoms with E-state index >= 15 is 0 Å². The standard InChI is InChI=1S/C16H7ClF3NO2/c17-11-6-21-15(14-12(19)4-8(18)5-13(14)20)10-3-7(16(22)23)1-2-9(10)11/h1-6H,(H,22,23). The van der Waals surface area contributed by atoms with Crippen LogP contribution in [-0.2, 0) is 0 Å². The number of rotatable bonds is 2. The lowest BCUT2D eigenvalue weighted by Crippen LogP contribution is -1.99. The van der Waals surface area contributed by atoms with Crippen LogP contribution in [0.15, 0.2) is 36.5 Å². The maximum Gasteiger partial charge on any atom is 0.335 e. The van der Waals surface area contributed by atoms with Crippen LogP contribution in [0.2, 0.25) is 5.02 Å². The zero-order valence-electron chi connectivity index (χ0n) is 11.3. The van der Waals surface area contributed by atoms with Gasteiger partial charge in [0, 0.05) is 29.1 Å². The van der Waals surface area contributed by atoms with E-state index in [1.54, 1.807) is 0 Å². The number of aromatic nitrogens is 1. The number of nitrogens with zero attached hydrogens (tertiary/aromatic N) is 1. The molecule has 0 aliphatic rings. The molecule has 3 aromatic rings. The Morgan fingerprint density at radius 3 is 2.30 bits per heavy atom. The number of hydrogen-bond donors (Lipinski definition) is 1. The van der Waals surface area contributed by atoms with Crippen molar-refractivity contribution < 1.29 is 23.1 Å². The normalized spacial score (nSPS) is 11.0. The van der Waals surface area contributed by atoms with Crippen molar-refractivity contribution in [1.29, 1.82) is 0 Å². The molecule has 0 atom stereocenters. The van der Waals surface area contributed by atoms with Crippen LogP contribution in [0.25, 0.3) is 22.0 Å². The molecule has 0 fully saturated rings. The maximum absolute atomic E-state index is 14.0. The number of aromatic carboxylic acids is 1. The van der Waals surface area contributed by atoms with Crippen LogP contribution in [0.1, 0.15) is 10.4 Å². The highest BCUT2D eigenvalue weighted by Crippen LogP contribution is 2.34. The molecule has 116 valence electrons. The molecule has 1 aromatic heterocycles. The summed E-state index contributed by atoms with van der Waals surface area (Å²) in [6, 6.07) is 5.01.